The molecule has 0 spiro atoms. The summed E-state index contributed by atoms with van der Waals surface area (Å²) in [7, 11) is 0. The fourth-order valence-corrected chi connectivity index (χ4v) is 0.553. The van der Waals surface area contributed by atoms with Crippen LogP contribution in [0.2, 0.25) is 0 Å². The Bertz CT molecular complexity index is 37.9. The zero-order valence-corrected chi connectivity index (χ0v) is 8.66. The molecule has 0 aliphatic rings. The summed E-state index contributed by atoms with van der Waals surface area (Å²) in [5.74, 6) is 0.863. The first-order valence-corrected chi connectivity index (χ1v) is 3.06. The summed E-state index contributed by atoms with van der Waals surface area (Å²) in [6, 6.07) is 0. The van der Waals surface area contributed by atoms with E-state index in [0.29, 0.717) is 0 Å². The number of hydrogen-bond donors (Lipinski definition) is 0. The Balaban J connectivity index is -0.000000180. The van der Waals surface area contributed by atoms with Gasteiger partial charge in [0.15, 0.2) is 0 Å². The van der Waals surface area contributed by atoms with Gasteiger partial charge in [0, 0.05) is 0 Å². The zero-order valence-electron chi connectivity index (χ0n) is 6.49. The van der Waals surface area contributed by atoms with E-state index in [1.54, 1.807) is 0 Å². The van der Waals surface area contributed by atoms with E-state index in [-0.39, 0.29) is 35.5 Å². The largest absolute Gasteiger partial charge is 2.00 e. The third-order valence-electron chi connectivity index (χ3n) is 1.03. The SMILES string of the molecule is [CH2-]CCCC(C)C.[Cl-].[Mg+2]. The second-order valence-corrected chi connectivity index (χ2v) is 2.39. The van der Waals surface area contributed by atoms with Gasteiger partial charge in [-0.1, -0.05) is 26.7 Å². The van der Waals surface area contributed by atoms with Crippen molar-refractivity contribution in [2.24, 2.45) is 5.92 Å². The van der Waals surface area contributed by atoms with E-state index in [1.165, 1.54) is 12.8 Å². The molecular weight excluding hydrogens is 144 g/mol. The van der Waals surface area contributed by atoms with Gasteiger partial charge in [-0.2, -0.15) is 6.42 Å². The second-order valence-electron chi connectivity index (χ2n) is 2.39. The Hall–Kier alpha value is 1.06. The molecule has 0 heterocycles. The Labute approximate surface area is 81.4 Å². The standard InChI is InChI=1S/C7H15.ClH.Mg/c1-4-5-6-7(2)3;;/h7H,1,4-6H2,2-3H3;1H;/q-1;;+2/p-1. The quantitative estimate of drug-likeness (QED) is 0.376. The van der Waals surface area contributed by atoms with Gasteiger partial charge in [-0.25, -0.2) is 0 Å². The van der Waals surface area contributed by atoms with Gasteiger partial charge in [0.25, 0.3) is 0 Å². The second kappa shape index (κ2) is 11.8. The van der Waals surface area contributed by atoms with Gasteiger partial charge >= 0.3 is 23.1 Å². The number of hydrogen-bond acceptors (Lipinski definition) is 0. The van der Waals surface area contributed by atoms with Crippen molar-refractivity contribution in [1.29, 1.82) is 0 Å². The molecule has 0 radical (unpaired) electrons. The molecule has 0 unspecified atom stereocenters. The van der Waals surface area contributed by atoms with Crippen LogP contribution in [0.5, 0.6) is 0 Å². The maximum atomic E-state index is 3.76. The van der Waals surface area contributed by atoms with Gasteiger partial charge in [0.1, 0.15) is 0 Å². The van der Waals surface area contributed by atoms with Crippen molar-refractivity contribution in [3.05, 3.63) is 6.92 Å². The van der Waals surface area contributed by atoms with Crippen molar-refractivity contribution in [1.82, 2.24) is 0 Å². The summed E-state index contributed by atoms with van der Waals surface area (Å²) >= 11 is 0. The van der Waals surface area contributed by atoms with Crippen LogP contribution >= 0.6 is 0 Å². The smallest absolute Gasteiger partial charge is 1.00 e. The monoisotopic (exact) mass is 158 g/mol. The molecule has 0 aromatic heterocycles. The van der Waals surface area contributed by atoms with E-state index in [9.17, 15) is 0 Å². The van der Waals surface area contributed by atoms with Gasteiger partial charge in [0.2, 0.25) is 0 Å². The molecule has 0 nitrogen and oxygen atoms in total. The van der Waals surface area contributed by atoms with Gasteiger partial charge < -0.3 is 19.3 Å². The van der Waals surface area contributed by atoms with Crippen LogP contribution in [0.4, 0.5) is 0 Å². The van der Waals surface area contributed by atoms with Crippen LogP contribution < -0.4 is 12.4 Å². The Kier molecular flexibility index (Phi) is 21.7. The number of rotatable bonds is 3. The van der Waals surface area contributed by atoms with Crippen molar-refractivity contribution < 1.29 is 12.4 Å². The minimum Gasteiger partial charge on any atom is -1.00 e. The van der Waals surface area contributed by atoms with Crippen LogP contribution in [0, 0.1) is 12.8 Å². The molecule has 52 valence electrons. The van der Waals surface area contributed by atoms with Gasteiger partial charge in [-0.15, -0.1) is 0 Å². The summed E-state index contributed by atoms with van der Waals surface area (Å²) in [4.78, 5) is 0. The molecule has 0 amide bonds. The zero-order chi connectivity index (χ0) is 5.70. The first-order chi connectivity index (χ1) is 3.27. The third-order valence-corrected chi connectivity index (χ3v) is 1.03. The fraction of sp³-hybridized carbons (Fsp3) is 0.857. The summed E-state index contributed by atoms with van der Waals surface area (Å²) in [6.07, 6.45) is 3.72. The molecule has 0 fully saturated rings. The molecule has 0 N–H and O–H groups in total. The van der Waals surface area contributed by atoms with E-state index in [1.807, 2.05) is 0 Å². The topological polar surface area (TPSA) is 0 Å². The molecule has 0 aliphatic carbocycles. The van der Waals surface area contributed by atoms with Crippen LogP contribution in [-0.2, 0) is 0 Å². The molecule has 0 rings (SSSR count). The van der Waals surface area contributed by atoms with Crippen LogP contribution in [0.25, 0.3) is 0 Å². The van der Waals surface area contributed by atoms with Crippen LogP contribution in [0.3, 0.4) is 0 Å². The molecule has 0 aromatic carbocycles. The number of halogens is 1. The Morgan fingerprint density at radius 2 is 1.78 bits per heavy atom. The van der Waals surface area contributed by atoms with E-state index < -0.39 is 0 Å². The van der Waals surface area contributed by atoms with Crippen molar-refractivity contribution >= 4 is 23.1 Å². The molecule has 9 heavy (non-hydrogen) atoms. The number of unbranched alkanes of at least 4 members (excludes halogenated alkanes) is 1. The molecular formula is C7H15ClMg. The maximum Gasteiger partial charge on any atom is 2.00 e. The molecule has 0 atom stereocenters. The predicted octanol–water partition coefficient (Wildman–Crippen LogP) is -0.730. The van der Waals surface area contributed by atoms with Gasteiger partial charge in [-0.05, 0) is 5.92 Å². The molecule has 0 bridgehead atoms. The molecule has 0 aromatic rings. The molecule has 0 saturated heterocycles. The normalized spacial score (nSPS) is 8.00. The first-order valence-electron chi connectivity index (χ1n) is 3.06. The molecule has 0 saturated carbocycles. The average Bonchev–Trinajstić information content (AvgIpc) is 1.61. The minimum absolute atomic E-state index is 0. The maximum absolute atomic E-state index is 3.76. The van der Waals surface area contributed by atoms with Crippen molar-refractivity contribution in [2.45, 2.75) is 33.1 Å². The van der Waals surface area contributed by atoms with E-state index in [2.05, 4.69) is 20.8 Å². The van der Waals surface area contributed by atoms with Crippen LogP contribution in [0.1, 0.15) is 33.1 Å². The summed E-state index contributed by atoms with van der Waals surface area (Å²) in [5, 5.41) is 0. The van der Waals surface area contributed by atoms with Gasteiger partial charge in [0.05, 0.1) is 0 Å². The minimum atomic E-state index is 0. The predicted molar refractivity (Wildman–Crippen MR) is 39.8 cm³/mol. The summed E-state index contributed by atoms with van der Waals surface area (Å²) in [6.45, 7) is 8.25. The summed E-state index contributed by atoms with van der Waals surface area (Å²) in [5.41, 5.74) is 0. The van der Waals surface area contributed by atoms with Crippen LogP contribution in [-0.4, -0.2) is 23.1 Å². The first kappa shape index (κ1) is 16.6. The van der Waals surface area contributed by atoms with Crippen LogP contribution in [0.15, 0.2) is 0 Å². The van der Waals surface area contributed by atoms with E-state index in [4.69, 9.17) is 0 Å². The fourth-order valence-electron chi connectivity index (χ4n) is 0.553. The van der Waals surface area contributed by atoms with E-state index in [0.717, 1.165) is 12.3 Å². The third kappa shape index (κ3) is 17.6. The average molecular weight is 159 g/mol. The van der Waals surface area contributed by atoms with Gasteiger partial charge in [-0.3, -0.25) is 0 Å². The molecule has 2 heteroatoms. The summed E-state index contributed by atoms with van der Waals surface area (Å²) < 4.78 is 0. The molecule has 0 aliphatic heterocycles. The van der Waals surface area contributed by atoms with Crippen molar-refractivity contribution in [3.63, 3.8) is 0 Å². The van der Waals surface area contributed by atoms with Crippen molar-refractivity contribution in [3.8, 4) is 0 Å². The Morgan fingerprint density at radius 3 is 1.89 bits per heavy atom. The Morgan fingerprint density at radius 1 is 1.33 bits per heavy atom. The van der Waals surface area contributed by atoms with E-state index >= 15 is 0 Å². The van der Waals surface area contributed by atoms with Crippen molar-refractivity contribution in [2.75, 3.05) is 0 Å².